The highest BCUT2D eigenvalue weighted by atomic mass is 32.2. The minimum Gasteiger partial charge on any atom is -0.308 e. The Kier molecular flexibility index (Phi) is 4.53. The van der Waals surface area contributed by atoms with Crippen LogP contribution in [0.5, 0.6) is 0 Å². The summed E-state index contributed by atoms with van der Waals surface area (Å²) in [5.41, 5.74) is 2.01. The molecule has 2 aromatic rings. The highest BCUT2D eigenvalue weighted by Gasteiger charge is 2.34. The van der Waals surface area contributed by atoms with Crippen LogP contribution in [0.25, 0.3) is 0 Å². The van der Waals surface area contributed by atoms with Crippen LogP contribution in [0.15, 0.2) is 47.6 Å². The largest absolute Gasteiger partial charge is 0.308 e. The average Bonchev–Trinajstić information content (AvgIpc) is 2.90. The molecule has 1 aromatic heterocycles. The highest BCUT2D eigenvalue weighted by Crippen LogP contribution is 2.36. The van der Waals surface area contributed by atoms with Crippen LogP contribution in [0.3, 0.4) is 0 Å². The van der Waals surface area contributed by atoms with E-state index in [-0.39, 0.29) is 22.7 Å². The van der Waals surface area contributed by atoms with Crippen molar-refractivity contribution in [3.8, 4) is 0 Å². The summed E-state index contributed by atoms with van der Waals surface area (Å²) in [5, 5.41) is 10.9. The van der Waals surface area contributed by atoms with Crippen molar-refractivity contribution >= 4 is 29.0 Å². The number of para-hydroxylation sites is 1. The van der Waals surface area contributed by atoms with Gasteiger partial charge in [0.25, 0.3) is 0 Å². The van der Waals surface area contributed by atoms with E-state index < -0.39 is 10.2 Å². The van der Waals surface area contributed by atoms with Gasteiger partial charge in [-0.15, -0.1) is 0 Å². The zero-order chi connectivity index (χ0) is 17.3. The Labute approximate surface area is 144 Å². The second kappa shape index (κ2) is 6.60. The number of aromatic nitrogens is 1. The van der Waals surface area contributed by atoms with Gasteiger partial charge in [-0.25, -0.2) is 4.98 Å². The predicted octanol–water partition coefficient (Wildman–Crippen LogP) is 3.45. The molecule has 1 amide bonds. The Morgan fingerprint density at radius 3 is 2.88 bits per heavy atom. The van der Waals surface area contributed by atoms with Crippen LogP contribution in [-0.2, 0) is 11.2 Å². The SMILES string of the molecule is C[C@@H]1Cc2ccccc2N1C(=O)[C@@H](C)Sc1ncccc1[N+](=O)[O-]. The molecular formula is C17H17N3O3S. The maximum atomic E-state index is 12.9. The molecule has 1 aliphatic heterocycles. The van der Waals surface area contributed by atoms with Gasteiger partial charge in [0.05, 0.1) is 10.2 Å². The first-order valence-corrected chi connectivity index (χ1v) is 8.54. The average molecular weight is 343 g/mol. The minimum absolute atomic E-state index is 0.0580. The van der Waals surface area contributed by atoms with E-state index in [0.29, 0.717) is 0 Å². The number of fused-ring (bicyclic) bond motifs is 1. The number of carbonyl (C=O) groups is 1. The molecule has 1 aromatic carbocycles. The van der Waals surface area contributed by atoms with Crippen molar-refractivity contribution in [2.45, 2.75) is 36.6 Å². The molecule has 2 atom stereocenters. The van der Waals surface area contributed by atoms with Crippen LogP contribution in [-0.4, -0.2) is 27.1 Å². The number of hydrogen-bond acceptors (Lipinski definition) is 5. The lowest BCUT2D eigenvalue weighted by molar-refractivity contribution is -0.388. The lowest BCUT2D eigenvalue weighted by Crippen LogP contribution is -2.40. The molecule has 0 radical (unpaired) electrons. The summed E-state index contributed by atoms with van der Waals surface area (Å²) in [6.45, 7) is 3.78. The molecule has 0 saturated carbocycles. The fourth-order valence-corrected chi connectivity index (χ4v) is 3.86. The molecule has 0 fully saturated rings. The van der Waals surface area contributed by atoms with Crippen LogP contribution in [0.1, 0.15) is 19.4 Å². The summed E-state index contributed by atoms with van der Waals surface area (Å²) in [7, 11) is 0. The fraction of sp³-hybridized carbons (Fsp3) is 0.294. The first-order chi connectivity index (χ1) is 11.5. The van der Waals surface area contributed by atoms with Crippen LogP contribution in [0, 0.1) is 10.1 Å². The smallest absolute Gasteiger partial charge is 0.301 e. The number of hydrogen-bond donors (Lipinski definition) is 0. The molecule has 0 N–H and O–H groups in total. The lowest BCUT2D eigenvalue weighted by Gasteiger charge is -2.25. The predicted molar refractivity (Wildman–Crippen MR) is 93.3 cm³/mol. The molecule has 24 heavy (non-hydrogen) atoms. The van der Waals surface area contributed by atoms with Gasteiger partial charge in [0.15, 0.2) is 5.03 Å². The third-order valence-corrected chi connectivity index (χ3v) is 5.12. The molecule has 0 spiro atoms. The number of amides is 1. The first-order valence-electron chi connectivity index (χ1n) is 7.66. The van der Waals surface area contributed by atoms with Crippen LogP contribution in [0.2, 0.25) is 0 Å². The van der Waals surface area contributed by atoms with E-state index in [2.05, 4.69) is 4.98 Å². The maximum absolute atomic E-state index is 12.9. The van der Waals surface area contributed by atoms with Gasteiger partial charge in [-0.3, -0.25) is 14.9 Å². The monoisotopic (exact) mass is 343 g/mol. The van der Waals surface area contributed by atoms with Gasteiger partial charge in [-0.2, -0.15) is 0 Å². The molecule has 6 nitrogen and oxygen atoms in total. The normalized spacial score (nSPS) is 17.4. The number of nitro groups is 1. The Morgan fingerprint density at radius 1 is 1.38 bits per heavy atom. The number of anilines is 1. The number of nitrogens with zero attached hydrogens (tertiary/aromatic N) is 3. The minimum atomic E-state index is -0.472. The molecular weight excluding hydrogens is 326 g/mol. The maximum Gasteiger partial charge on any atom is 0.301 e. The van der Waals surface area contributed by atoms with Crippen molar-refractivity contribution in [1.82, 2.24) is 4.98 Å². The third kappa shape index (κ3) is 2.99. The molecule has 0 unspecified atom stereocenters. The molecule has 0 bridgehead atoms. The highest BCUT2D eigenvalue weighted by molar-refractivity contribution is 8.00. The van der Waals surface area contributed by atoms with Crippen molar-refractivity contribution in [3.63, 3.8) is 0 Å². The summed E-state index contributed by atoms with van der Waals surface area (Å²) in [6, 6.07) is 10.9. The van der Waals surface area contributed by atoms with Crippen molar-refractivity contribution in [3.05, 3.63) is 58.3 Å². The molecule has 7 heteroatoms. The van der Waals surface area contributed by atoms with Gasteiger partial charge in [-0.1, -0.05) is 30.0 Å². The third-order valence-electron chi connectivity index (χ3n) is 4.03. The zero-order valence-electron chi connectivity index (χ0n) is 13.4. The van der Waals surface area contributed by atoms with E-state index in [0.717, 1.165) is 29.4 Å². The second-order valence-corrected chi connectivity index (χ2v) is 7.06. The van der Waals surface area contributed by atoms with Crippen molar-refractivity contribution in [2.24, 2.45) is 0 Å². The van der Waals surface area contributed by atoms with E-state index in [1.165, 1.54) is 18.3 Å². The van der Waals surface area contributed by atoms with Crippen LogP contribution in [0.4, 0.5) is 11.4 Å². The summed E-state index contributed by atoms with van der Waals surface area (Å²) in [5.74, 6) is -0.0580. The quantitative estimate of drug-likeness (QED) is 0.483. The van der Waals surface area contributed by atoms with Crippen LogP contribution < -0.4 is 4.90 Å². The first kappa shape index (κ1) is 16.4. The molecule has 1 aliphatic rings. The van der Waals surface area contributed by atoms with Crippen molar-refractivity contribution in [2.75, 3.05) is 4.90 Å². The molecule has 2 heterocycles. The zero-order valence-corrected chi connectivity index (χ0v) is 14.2. The summed E-state index contributed by atoms with van der Waals surface area (Å²) >= 11 is 1.13. The lowest BCUT2D eigenvalue weighted by atomic mass is 10.1. The Hall–Kier alpha value is -2.41. The van der Waals surface area contributed by atoms with Gasteiger partial charge in [0.1, 0.15) is 0 Å². The number of rotatable bonds is 4. The van der Waals surface area contributed by atoms with Gasteiger partial charge >= 0.3 is 5.69 Å². The summed E-state index contributed by atoms with van der Waals surface area (Å²) in [6.07, 6.45) is 2.32. The van der Waals surface area contributed by atoms with Gasteiger partial charge in [0, 0.05) is 24.0 Å². The van der Waals surface area contributed by atoms with Crippen LogP contribution >= 0.6 is 11.8 Å². The topological polar surface area (TPSA) is 76.3 Å². The Bertz CT molecular complexity index is 796. The second-order valence-electron chi connectivity index (χ2n) is 5.73. The van der Waals surface area contributed by atoms with Gasteiger partial charge in [-0.05, 0) is 38.0 Å². The van der Waals surface area contributed by atoms with Gasteiger partial charge < -0.3 is 4.90 Å². The van der Waals surface area contributed by atoms with E-state index in [4.69, 9.17) is 0 Å². The van der Waals surface area contributed by atoms with E-state index in [1.54, 1.807) is 11.8 Å². The van der Waals surface area contributed by atoms with E-state index in [9.17, 15) is 14.9 Å². The van der Waals surface area contributed by atoms with E-state index >= 15 is 0 Å². The van der Waals surface area contributed by atoms with Gasteiger partial charge in [0.2, 0.25) is 5.91 Å². The number of benzene rings is 1. The van der Waals surface area contributed by atoms with Crippen molar-refractivity contribution in [1.29, 1.82) is 0 Å². The summed E-state index contributed by atoms with van der Waals surface area (Å²) < 4.78 is 0. The van der Waals surface area contributed by atoms with E-state index in [1.807, 2.05) is 31.2 Å². The number of carbonyl (C=O) groups excluding carboxylic acids is 1. The molecule has 3 rings (SSSR count). The standard InChI is InChI=1S/C17H17N3O3S/c1-11-10-13-6-3-4-7-14(13)19(11)17(21)12(2)24-16-15(20(22)23)8-5-9-18-16/h3-9,11-12H,10H2,1-2H3/t11-,12-/m1/s1. The Morgan fingerprint density at radius 2 is 2.12 bits per heavy atom. The molecule has 0 saturated heterocycles. The number of pyridine rings is 1. The Balaban J connectivity index is 1.83. The molecule has 124 valence electrons. The molecule has 0 aliphatic carbocycles. The van der Waals surface area contributed by atoms with Crippen molar-refractivity contribution < 1.29 is 9.72 Å². The summed E-state index contributed by atoms with van der Waals surface area (Å²) in [4.78, 5) is 29.4. The number of thioether (sulfide) groups is 1. The fourth-order valence-electron chi connectivity index (χ4n) is 2.93.